The van der Waals surface area contributed by atoms with Crippen LogP contribution in [0.1, 0.15) is 26.3 Å². The fraction of sp³-hybridized carbons (Fsp3) is 0.273. The van der Waals surface area contributed by atoms with Gasteiger partial charge in [0.1, 0.15) is 5.82 Å². The van der Waals surface area contributed by atoms with Gasteiger partial charge in [-0.2, -0.15) is 0 Å². The van der Waals surface area contributed by atoms with Crippen LogP contribution in [0.5, 0.6) is 0 Å². The Hall–Kier alpha value is -1.91. The number of carbonyl (C=O) groups is 2. The Kier molecular flexibility index (Phi) is 3.60. The molecule has 0 atom stereocenters. The first-order valence-electron chi connectivity index (χ1n) is 4.48. The van der Waals surface area contributed by atoms with Gasteiger partial charge in [-0.1, -0.05) is 0 Å². The van der Waals surface area contributed by atoms with E-state index in [1.54, 1.807) is 0 Å². The van der Waals surface area contributed by atoms with Gasteiger partial charge in [0.05, 0.1) is 25.3 Å². The fourth-order valence-electron chi connectivity index (χ4n) is 1.34. The zero-order chi connectivity index (χ0) is 12.3. The third kappa shape index (κ3) is 2.18. The average Bonchev–Trinajstić information content (AvgIpc) is 2.26. The third-order valence-corrected chi connectivity index (χ3v) is 2.10. The van der Waals surface area contributed by atoms with Crippen LogP contribution in [0, 0.1) is 12.7 Å². The van der Waals surface area contributed by atoms with Gasteiger partial charge < -0.3 is 9.47 Å². The third-order valence-electron chi connectivity index (χ3n) is 2.10. The van der Waals surface area contributed by atoms with E-state index in [0.717, 1.165) is 13.2 Å². The highest BCUT2D eigenvalue weighted by Gasteiger charge is 2.18. The minimum Gasteiger partial charge on any atom is -0.465 e. The Morgan fingerprint density at radius 1 is 1.12 bits per heavy atom. The standard InChI is InChI=1S/C11H11FO4/c1-6-4-7(10(13)15-2)5-8(12)9(6)11(14)16-3/h4-5H,1-3H3. The maximum atomic E-state index is 13.5. The lowest BCUT2D eigenvalue weighted by molar-refractivity contribution is 0.0581. The maximum Gasteiger partial charge on any atom is 0.341 e. The van der Waals surface area contributed by atoms with E-state index in [9.17, 15) is 14.0 Å². The Morgan fingerprint density at radius 2 is 1.69 bits per heavy atom. The SMILES string of the molecule is COC(=O)c1cc(C)c(C(=O)OC)c(F)c1. The van der Waals surface area contributed by atoms with Gasteiger partial charge in [-0.3, -0.25) is 0 Å². The number of halogens is 1. The molecule has 0 radical (unpaired) electrons. The Labute approximate surface area is 92.0 Å². The molecule has 0 saturated carbocycles. The van der Waals surface area contributed by atoms with Crippen molar-refractivity contribution in [2.75, 3.05) is 14.2 Å². The summed E-state index contributed by atoms with van der Waals surface area (Å²) in [6.45, 7) is 1.52. The van der Waals surface area contributed by atoms with Crippen molar-refractivity contribution in [1.82, 2.24) is 0 Å². The first kappa shape index (κ1) is 12.2. The van der Waals surface area contributed by atoms with Crippen molar-refractivity contribution in [3.63, 3.8) is 0 Å². The number of benzene rings is 1. The summed E-state index contributed by atoms with van der Waals surface area (Å²) in [5.41, 5.74) is 0.215. The second kappa shape index (κ2) is 4.74. The molecule has 4 nitrogen and oxygen atoms in total. The van der Waals surface area contributed by atoms with E-state index in [1.807, 2.05) is 0 Å². The molecule has 0 aromatic heterocycles. The molecule has 0 N–H and O–H groups in total. The van der Waals surface area contributed by atoms with E-state index < -0.39 is 17.8 Å². The highest BCUT2D eigenvalue weighted by atomic mass is 19.1. The molecule has 0 bridgehead atoms. The van der Waals surface area contributed by atoms with Crippen LogP contribution in [-0.2, 0) is 9.47 Å². The summed E-state index contributed by atoms with van der Waals surface area (Å²) in [6.07, 6.45) is 0. The van der Waals surface area contributed by atoms with E-state index in [1.165, 1.54) is 20.1 Å². The number of hydrogen-bond donors (Lipinski definition) is 0. The number of hydrogen-bond acceptors (Lipinski definition) is 4. The lowest BCUT2D eigenvalue weighted by Gasteiger charge is -2.07. The number of ether oxygens (including phenoxy) is 2. The van der Waals surface area contributed by atoms with Crippen LogP contribution in [0.4, 0.5) is 4.39 Å². The van der Waals surface area contributed by atoms with Gasteiger partial charge in [-0.05, 0) is 24.6 Å². The molecule has 0 spiro atoms. The monoisotopic (exact) mass is 226 g/mol. The van der Waals surface area contributed by atoms with Crippen molar-refractivity contribution in [3.8, 4) is 0 Å². The topological polar surface area (TPSA) is 52.6 Å². The van der Waals surface area contributed by atoms with Gasteiger partial charge >= 0.3 is 11.9 Å². The highest BCUT2D eigenvalue weighted by molar-refractivity contribution is 5.94. The van der Waals surface area contributed by atoms with Gasteiger partial charge in [0.15, 0.2) is 0 Å². The van der Waals surface area contributed by atoms with Crippen LogP contribution in [0.15, 0.2) is 12.1 Å². The summed E-state index contributed by atoms with van der Waals surface area (Å²) >= 11 is 0. The molecule has 0 amide bonds. The predicted molar refractivity (Wildman–Crippen MR) is 53.8 cm³/mol. The van der Waals surface area contributed by atoms with Crippen LogP contribution in [0.2, 0.25) is 0 Å². The molecule has 1 aromatic rings. The van der Waals surface area contributed by atoms with Crippen LogP contribution in [-0.4, -0.2) is 26.2 Å². The van der Waals surface area contributed by atoms with Gasteiger partial charge in [0.25, 0.3) is 0 Å². The maximum absolute atomic E-state index is 13.5. The summed E-state index contributed by atoms with van der Waals surface area (Å²) in [5, 5.41) is 0. The van der Waals surface area contributed by atoms with Crippen molar-refractivity contribution >= 4 is 11.9 Å². The molecule has 0 heterocycles. The molecule has 0 aliphatic carbocycles. The predicted octanol–water partition coefficient (Wildman–Crippen LogP) is 1.71. The Bertz CT molecular complexity index is 417. The van der Waals surface area contributed by atoms with Crippen LogP contribution in [0.3, 0.4) is 0 Å². The molecular formula is C11H11FO4. The Balaban J connectivity index is 3.28. The first-order valence-corrected chi connectivity index (χ1v) is 4.48. The average molecular weight is 226 g/mol. The van der Waals surface area contributed by atoms with E-state index >= 15 is 0 Å². The zero-order valence-electron chi connectivity index (χ0n) is 9.17. The van der Waals surface area contributed by atoms with E-state index in [4.69, 9.17) is 0 Å². The number of methoxy groups -OCH3 is 2. The number of rotatable bonds is 2. The normalized spacial score (nSPS) is 9.75. The summed E-state index contributed by atoms with van der Waals surface area (Å²) in [4.78, 5) is 22.4. The van der Waals surface area contributed by atoms with Crippen molar-refractivity contribution in [1.29, 1.82) is 0 Å². The van der Waals surface area contributed by atoms with Crippen molar-refractivity contribution in [2.24, 2.45) is 0 Å². The van der Waals surface area contributed by atoms with Gasteiger partial charge in [0.2, 0.25) is 0 Å². The summed E-state index contributed by atoms with van der Waals surface area (Å²) < 4.78 is 22.4. The molecule has 5 heteroatoms. The van der Waals surface area contributed by atoms with E-state index in [2.05, 4.69) is 9.47 Å². The molecule has 0 fully saturated rings. The van der Waals surface area contributed by atoms with E-state index in [-0.39, 0.29) is 11.1 Å². The molecule has 0 unspecified atom stereocenters. The molecule has 16 heavy (non-hydrogen) atoms. The highest BCUT2D eigenvalue weighted by Crippen LogP contribution is 2.17. The fourth-order valence-corrected chi connectivity index (χ4v) is 1.34. The number of carbonyl (C=O) groups excluding carboxylic acids is 2. The van der Waals surface area contributed by atoms with Crippen molar-refractivity contribution in [2.45, 2.75) is 6.92 Å². The molecular weight excluding hydrogens is 215 g/mol. The smallest absolute Gasteiger partial charge is 0.341 e. The van der Waals surface area contributed by atoms with Gasteiger partial charge in [-0.15, -0.1) is 0 Å². The second-order valence-corrected chi connectivity index (χ2v) is 3.13. The summed E-state index contributed by atoms with van der Waals surface area (Å²) in [6, 6.07) is 2.33. The number of esters is 2. The minimum absolute atomic E-state index is 0.0603. The lowest BCUT2D eigenvalue weighted by atomic mass is 10.0. The largest absolute Gasteiger partial charge is 0.465 e. The molecule has 0 saturated heterocycles. The minimum atomic E-state index is -0.799. The van der Waals surface area contributed by atoms with Crippen LogP contribution in [0.25, 0.3) is 0 Å². The van der Waals surface area contributed by atoms with Crippen molar-refractivity contribution in [3.05, 3.63) is 34.6 Å². The van der Waals surface area contributed by atoms with Gasteiger partial charge in [0, 0.05) is 0 Å². The molecule has 0 aliphatic heterocycles. The van der Waals surface area contributed by atoms with Crippen molar-refractivity contribution < 1.29 is 23.5 Å². The summed E-state index contributed by atoms with van der Waals surface area (Å²) in [5.74, 6) is -2.22. The molecule has 1 rings (SSSR count). The molecule has 86 valence electrons. The number of aryl methyl sites for hydroxylation is 1. The quantitative estimate of drug-likeness (QED) is 0.720. The molecule has 1 aromatic carbocycles. The summed E-state index contributed by atoms with van der Waals surface area (Å²) in [7, 11) is 2.36. The Morgan fingerprint density at radius 3 is 2.12 bits per heavy atom. The van der Waals surface area contributed by atoms with E-state index in [0.29, 0.717) is 5.56 Å². The zero-order valence-corrected chi connectivity index (χ0v) is 9.17. The molecule has 0 aliphatic rings. The van der Waals surface area contributed by atoms with Gasteiger partial charge in [-0.25, -0.2) is 14.0 Å². The lowest BCUT2D eigenvalue weighted by Crippen LogP contribution is -2.10. The first-order chi connectivity index (χ1) is 7.51. The van der Waals surface area contributed by atoms with Crippen LogP contribution < -0.4 is 0 Å². The van der Waals surface area contributed by atoms with Crippen LogP contribution >= 0.6 is 0 Å². The second-order valence-electron chi connectivity index (χ2n) is 3.13.